The summed E-state index contributed by atoms with van der Waals surface area (Å²) >= 11 is 7.01. The largest absolute Gasteiger partial charge is 0.357 e. The number of hydrogen-bond donors (Lipinski definition) is 1. The Kier molecular flexibility index (Phi) is 6.80. The van der Waals surface area contributed by atoms with Gasteiger partial charge in [-0.15, -0.1) is 0 Å². The Bertz CT molecular complexity index is 836. The number of benzene rings is 1. The third-order valence-corrected chi connectivity index (χ3v) is 5.95. The Morgan fingerprint density at radius 1 is 1.18 bits per heavy atom. The maximum absolute atomic E-state index is 12.8. The van der Waals surface area contributed by atoms with E-state index < -0.39 is 0 Å². The van der Waals surface area contributed by atoms with Crippen molar-refractivity contribution in [1.82, 2.24) is 9.88 Å². The summed E-state index contributed by atoms with van der Waals surface area (Å²) in [4.78, 5) is 33.5. The van der Waals surface area contributed by atoms with Gasteiger partial charge in [-0.05, 0) is 48.9 Å². The number of nitrogens with one attached hydrogen (secondary N) is 1. The summed E-state index contributed by atoms with van der Waals surface area (Å²) in [7, 11) is 3.42. The fraction of sp³-hybridized carbons (Fsp3) is 0.350. The van der Waals surface area contributed by atoms with Crippen LogP contribution in [0.4, 0.5) is 16.3 Å². The predicted molar refractivity (Wildman–Crippen MR) is 114 cm³/mol. The topological polar surface area (TPSA) is 65.5 Å². The molecular weight excluding hydrogens is 396 g/mol. The van der Waals surface area contributed by atoms with Gasteiger partial charge in [-0.25, -0.2) is 4.98 Å². The van der Waals surface area contributed by atoms with Crippen molar-refractivity contribution in [1.29, 1.82) is 0 Å². The highest BCUT2D eigenvalue weighted by Gasteiger charge is 2.26. The van der Waals surface area contributed by atoms with E-state index in [4.69, 9.17) is 11.6 Å². The lowest BCUT2D eigenvalue weighted by Crippen LogP contribution is -2.38. The molecule has 0 radical (unpaired) electrons. The monoisotopic (exact) mass is 418 g/mol. The summed E-state index contributed by atoms with van der Waals surface area (Å²) in [5.41, 5.74) is 0.675. The van der Waals surface area contributed by atoms with Crippen LogP contribution in [0, 0.1) is 5.92 Å². The molecule has 1 aromatic heterocycles. The maximum Gasteiger partial charge on any atom is 0.286 e. The molecule has 28 heavy (non-hydrogen) atoms. The van der Waals surface area contributed by atoms with E-state index in [-0.39, 0.29) is 17.1 Å². The summed E-state index contributed by atoms with van der Waals surface area (Å²) in [5.74, 6) is 0.812. The molecule has 1 fully saturated rings. The Hall–Kier alpha value is -2.25. The lowest BCUT2D eigenvalue weighted by molar-refractivity contribution is -0.120. The molecule has 0 spiro atoms. The zero-order valence-corrected chi connectivity index (χ0v) is 17.5. The van der Waals surface area contributed by atoms with Crippen LogP contribution in [0.3, 0.4) is 0 Å². The molecule has 8 heteroatoms. The summed E-state index contributed by atoms with van der Waals surface area (Å²) in [5, 5.41) is 3.54. The van der Waals surface area contributed by atoms with Gasteiger partial charge in [-0.1, -0.05) is 23.7 Å². The highest BCUT2D eigenvalue weighted by molar-refractivity contribution is 8.13. The Morgan fingerprint density at radius 2 is 1.89 bits per heavy atom. The predicted octanol–water partition coefficient (Wildman–Crippen LogP) is 4.36. The van der Waals surface area contributed by atoms with E-state index in [1.54, 1.807) is 20.3 Å². The molecule has 1 N–H and O–H groups in total. The van der Waals surface area contributed by atoms with Crippen molar-refractivity contribution in [2.45, 2.75) is 17.7 Å². The van der Waals surface area contributed by atoms with E-state index in [9.17, 15) is 9.59 Å². The van der Waals surface area contributed by atoms with Gasteiger partial charge in [-0.2, -0.15) is 0 Å². The first-order valence-electron chi connectivity index (χ1n) is 9.09. The van der Waals surface area contributed by atoms with E-state index in [1.807, 2.05) is 36.4 Å². The number of anilines is 2. The number of rotatable bonds is 4. The number of amides is 2. The number of carbonyl (C=O) groups is 2. The SMILES string of the molecule is CN(C)C(=O)Sc1ccccc1NC(=O)C1CCN(c2ccc(Cl)cn2)CC1. The van der Waals surface area contributed by atoms with Gasteiger partial charge in [0.05, 0.1) is 10.7 Å². The Balaban J connectivity index is 1.59. The molecule has 1 aliphatic heterocycles. The quantitative estimate of drug-likeness (QED) is 0.747. The number of thioether (sulfide) groups is 1. The number of piperidine rings is 1. The fourth-order valence-corrected chi connectivity index (χ4v) is 3.86. The second-order valence-electron chi connectivity index (χ2n) is 6.84. The highest BCUT2D eigenvalue weighted by Crippen LogP contribution is 2.30. The minimum Gasteiger partial charge on any atom is -0.357 e. The molecule has 1 aliphatic rings. The van der Waals surface area contributed by atoms with Gasteiger partial charge in [-0.3, -0.25) is 9.59 Å². The van der Waals surface area contributed by atoms with Crippen LogP contribution < -0.4 is 10.2 Å². The van der Waals surface area contributed by atoms with Crippen molar-refractivity contribution < 1.29 is 9.59 Å². The van der Waals surface area contributed by atoms with Gasteiger partial charge >= 0.3 is 0 Å². The number of carbonyl (C=O) groups excluding carboxylic acids is 2. The molecule has 2 amide bonds. The summed E-state index contributed by atoms with van der Waals surface area (Å²) in [6, 6.07) is 11.1. The van der Waals surface area contributed by atoms with Crippen LogP contribution in [0.5, 0.6) is 0 Å². The molecule has 0 atom stereocenters. The van der Waals surface area contributed by atoms with Crippen LogP contribution in [-0.4, -0.2) is 48.2 Å². The maximum atomic E-state index is 12.8. The minimum atomic E-state index is -0.0783. The van der Waals surface area contributed by atoms with Crippen LogP contribution in [-0.2, 0) is 4.79 Å². The van der Waals surface area contributed by atoms with Crippen molar-refractivity contribution in [3.8, 4) is 0 Å². The Labute approximate surface area is 174 Å². The van der Waals surface area contributed by atoms with Gasteiger partial charge in [0.1, 0.15) is 5.82 Å². The molecule has 6 nitrogen and oxygen atoms in total. The third kappa shape index (κ3) is 5.17. The number of nitrogens with zero attached hydrogens (tertiary/aromatic N) is 3. The van der Waals surface area contributed by atoms with Crippen molar-refractivity contribution in [2.24, 2.45) is 5.92 Å². The van der Waals surface area contributed by atoms with Gasteiger partial charge in [0.25, 0.3) is 5.24 Å². The van der Waals surface area contributed by atoms with Crippen molar-refractivity contribution in [3.05, 3.63) is 47.6 Å². The lowest BCUT2D eigenvalue weighted by atomic mass is 9.96. The van der Waals surface area contributed by atoms with E-state index >= 15 is 0 Å². The molecular formula is C20H23ClN4O2S. The van der Waals surface area contributed by atoms with Crippen molar-refractivity contribution in [2.75, 3.05) is 37.4 Å². The van der Waals surface area contributed by atoms with Crippen LogP contribution in [0.15, 0.2) is 47.5 Å². The summed E-state index contributed by atoms with van der Waals surface area (Å²) in [6.07, 6.45) is 3.14. The van der Waals surface area contributed by atoms with Crippen LogP contribution in [0.1, 0.15) is 12.8 Å². The number of pyridine rings is 1. The molecule has 3 rings (SSSR count). The standard InChI is InChI=1S/C20H23ClN4O2S/c1-24(2)20(27)28-17-6-4-3-5-16(17)23-19(26)14-9-11-25(12-10-14)18-8-7-15(21)13-22-18/h3-8,13-14H,9-12H2,1-2H3,(H,23,26). The average Bonchev–Trinajstić information content (AvgIpc) is 2.70. The van der Waals surface area contributed by atoms with Gasteiger partial charge < -0.3 is 15.1 Å². The number of halogens is 1. The second kappa shape index (κ2) is 9.30. The molecule has 2 aromatic rings. The smallest absolute Gasteiger partial charge is 0.286 e. The first kappa shape index (κ1) is 20.5. The first-order valence-corrected chi connectivity index (χ1v) is 10.3. The first-order chi connectivity index (χ1) is 13.4. The minimum absolute atomic E-state index is 0.00549. The lowest BCUT2D eigenvalue weighted by Gasteiger charge is -2.32. The van der Waals surface area contributed by atoms with Crippen LogP contribution in [0.25, 0.3) is 0 Å². The van der Waals surface area contributed by atoms with E-state index in [0.717, 1.165) is 48.4 Å². The van der Waals surface area contributed by atoms with E-state index in [0.29, 0.717) is 10.7 Å². The fourth-order valence-electron chi connectivity index (χ4n) is 3.00. The molecule has 1 aromatic carbocycles. The third-order valence-electron chi connectivity index (χ3n) is 4.61. The molecule has 0 saturated carbocycles. The molecule has 2 heterocycles. The molecule has 1 saturated heterocycles. The second-order valence-corrected chi connectivity index (χ2v) is 8.27. The Morgan fingerprint density at radius 3 is 2.54 bits per heavy atom. The molecule has 148 valence electrons. The van der Waals surface area contributed by atoms with Gasteiger partial charge in [0.2, 0.25) is 5.91 Å². The molecule has 0 bridgehead atoms. The average molecular weight is 419 g/mol. The van der Waals surface area contributed by atoms with Crippen LogP contribution in [0.2, 0.25) is 5.02 Å². The zero-order valence-electron chi connectivity index (χ0n) is 15.9. The van der Waals surface area contributed by atoms with Crippen LogP contribution >= 0.6 is 23.4 Å². The zero-order chi connectivity index (χ0) is 20.1. The van der Waals surface area contributed by atoms with E-state index in [2.05, 4.69) is 15.2 Å². The summed E-state index contributed by atoms with van der Waals surface area (Å²) in [6.45, 7) is 1.53. The van der Waals surface area contributed by atoms with Crippen molar-refractivity contribution in [3.63, 3.8) is 0 Å². The number of hydrogen-bond acceptors (Lipinski definition) is 5. The number of aromatic nitrogens is 1. The van der Waals surface area contributed by atoms with E-state index in [1.165, 1.54) is 4.90 Å². The van der Waals surface area contributed by atoms with Crippen molar-refractivity contribution >= 4 is 46.0 Å². The van der Waals surface area contributed by atoms with Gasteiger partial charge in [0.15, 0.2) is 0 Å². The summed E-state index contributed by atoms with van der Waals surface area (Å²) < 4.78 is 0. The highest BCUT2D eigenvalue weighted by atomic mass is 35.5. The molecule has 0 aliphatic carbocycles. The normalized spacial score (nSPS) is 14.6. The van der Waals surface area contributed by atoms with Gasteiger partial charge in [0, 0.05) is 44.2 Å². The molecule has 0 unspecified atom stereocenters. The number of para-hydroxylation sites is 1.